The van der Waals surface area contributed by atoms with E-state index in [1.807, 2.05) is 42.2 Å². The number of rotatable bonds is 8. The highest BCUT2D eigenvalue weighted by atomic mass is 19.4. The Morgan fingerprint density at radius 1 is 1.08 bits per heavy atom. The van der Waals surface area contributed by atoms with Crippen molar-refractivity contribution in [2.24, 2.45) is 0 Å². The van der Waals surface area contributed by atoms with Crippen molar-refractivity contribution in [3.05, 3.63) is 76.5 Å². The molecule has 1 amide bonds. The first-order valence-corrected chi connectivity index (χ1v) is 11.8. The van der Waals surface area contributed by atoms with E-state index in [1.165, 1.54) is 16.8 Å². The number of nitrogens with zero attached hydrogens (tertiary/aromatic N) is 4. The van der Waals surface area contributed by atoms with Gasteiger partial charge in [-0.05, 0) is 62.7 Å². The molecule has 11 heteroatoms. The third-order valence-corrected chi connectivity index (χ3v) is 6.13. The number of anilines is 1. The number of carbonyl (C=O) groups is 1. The second kappa shape index (κ2) is 11.0. The molecule has 0 atom stereocenters. The van der Waals surface area contributed by atoms with Crippen molar-refractivity contribution in [1.82, 2.24) is 19.2 Å². The average Bonchev–Trinajstić information content (AvgIpc) is 3.15. The fraction of sp³-hybridized carbons (Fsp3) is 0.400. The van der Waals surface area contributed by atoms with Crippen LogP contribution in [0.1, 0.15) is 37.1 Å². The Kier molecular flexibility index (Phi) is 7.78. The number of benzene rings is 2. The molecule has 0 aliphatic carbocycles. The largest absolute Gasteiger partial charge is 0.573 e. The summed E-state index contributed by atoms with van der Waals surface area (Å²) in [5.74, 6) is 0.300. The van der Waals surface area contributed by atoms with Crippen LogP contribution in [0.15, 0.2) is 59.4 Å². The van der Waals surface area contributed by atoms with E-state index in [9.17, 15) is 22.8 Å². The molecule has 1 aromatic heterocycles. The smallest absolute Gasteiger partial charge is 0.406 e. The van der Waals surface area contributed by atoms with Crippen LogP contribution >= 0.6 is 0 Å². The molecule has 1 aliphatic heterocycles. The van der Waals surface area contributed by atoms with Crippen molar-refractivity contribution in [2.45, 2.75) is 45.1 Å². The predicted octanol–water partition coefficient (Wildman–Crippen LogP) is 3.83. The van der Waals surface area contributed by atoms with Crippen LogP contribution in [0.25, 0.3) is 0 Å². The van der Waals surface area contributed by atoms with Crippen molar-refractivity contribution in [1.29, 1.82) is 0 Å². The molecule has 4 rings (SSSR count). The number of carbonyl (C=O) groups excluding carboxylic acids is 1. The van der Waals surface area contributed by atoms with Gasteiger partial charge in [0.15, 0.2) is 0 Å². The Labute approximate surface area is 206 Å². The van der Waals surface area contributed by atoms with E-state index in [0.717, 1.165) is 36.4 Å². The molecule has 1 aliphatic rings. The molecule has 2 heterocycles. The molecule has 1 fully saturated rings. The Hall–Kier alpha value is -3.60. The average molecular weight is 504 g/mol. The summed E-state index contributed by atoms with van der Waals surface area (Å²) in [6.45, 7) is 4.39. The molecular weight excluding hydrogens is 475 g/mol. The minimum Gasteiger partial charge on any atom is -0.406 e. The summed E-state index contributed by atoms with van der Waals surface area (Å²) in [5.41, 5.74) is 1.28. The summed E-state index contributed by atoms with van der Waals surface area (Å²) in [7, 11) is 0. The fourth-order valence-electron chi connectivity index (χ4n) is 4.41. The summed E-state index contributed by atoms with van der Waals surface area (Å²) in [4.78, 5) is 27.3. The van der Waals surface area contributed by atoms with E-state index >= 15 is 0 Å². The summed E-state index contributed by atoms with van der Waals surface area (Å²) < 4.78 is 43.9. The van der Waals surface area contributed by atoms with Crippen LogP contribution in [-0.4, -0.2) is 51.2 Å². The van der Waals surface area contributed by atoms with Crippen LogP contribution < -0.4 is 15.7 Å². The van der Waals surface area contributed by atoms with Crippen LogP contribution in [0.4, 0.5) is 18.9 Å². The summed E-state index contributed by atoms with van der Waals surface area (Å²) in [5, 5.41) is 7.36. The van der Waals surface area contributed by atoms with Gasteiger partial charge in [-0.1, -0.05) is 30.3 Å². The van der Waals surface area contributed by atoms with E-state index in [-0.39, 0.29) is 29.8 Å². The first-order valence-electron chi connectivity index (χ1n) is 11.8. The molecule has 2 aromatic carbocycles. The topological polar surface area (TPSA) is 81.4 Å². The number of amides is 1. The molecule has 0 saturated carbocycles. The molecular formula is C25H28F3N5O3. The lowest BCUT2D eigenvalue weighted by Crippen LogP contribution is -2.39. The highest BCUT2D eigenvalue weighted by Crippen LogP contribution is 2.27. The van der Waals surface area contributed by atoms with Gasteiger partial charge >= 0.3 is 12.1 Å². The number of halogens is 3. The molecule has 3 aromatic rings. The fourth-order valence-corrected chi connectivity index (χ4v) is 4.41. The number of alkyl halides is 3. The lowest BCUT2D eigenvalue weighted by Gasteiger charge is -2.30. The van der Waals surface area contributed by atoms with Crippen LogP contribution in [0.3, 0.4) is 0 Å². The van der Waals surface area contributed by atoms with E-state index in [2.05, 4.69) is 15.2 Å². The molecule has 0 spiro atoms. The molecule has 1 saturated heterocycles. The van der Waals surface area contributed by atoms with Gasteiger partial charge in [-0.2, -0.15) is 5.10 Å². The third-order valence-electron chi connectivity index (χ3n) is 6.13. The zero-order valence-electron chi connectivity index (χ0n) is 19.9. The molecule has 0 bridgehead atoms. The molecule has 0 unspecified atom stereocenters. The lowest BCUT2D eigenvalue weighted by molar-refractivity contribution is -0.274. The second-order valence-corrected chi connectivity index (χ2v) is 8.70. The summed E-state index contributed by atoms with van der Waals surface area (Å²) >= 11 is 0. The van der Waals surface area contributed by atoms with Crippen LogP contribution in [0.5, 0.6) is 5.75 Å². The number of likely N-dealkylation sites (tertiary alicyclic amines) is 1. The van der Waals surface area contributed by atoms with E-state index < -0.39 is 6.36 Å². The van der Waals surface area contributed by atoms with Gasteiger partial charge in [-0.3, -0.25) is 14.3 Å². The maximum atomic E-state index is 12.9. The van der Waals surface area contributed by atoms with Gasteiger partial charge < -0.3 is 10.1 Å². The highest BCUT2D eigenvalue weighted by molar-refractivity contribution is 5.92. The Morgan fingerprint density at radius 2 is 1.75 bits per heavy atom. The van der Waals surface area contributed by atoms with Gasteiger partial charge in [-0.15, -0.1) is 13.2 Å². The zero-order chi connectivity index (χ0) is 25.7. The SMILES string of the molecule is CCn1c(C2CCN(CC(=O)Nc3ccc(OC(F)(F)F)cc3)CC2)nn(Cc2ccccc2)c1=O. The van der Waals surface area contributed by atoms with Gasteiger partial charge in [0.05, 0.1) is 13.1 Å². The predicted molar refractivity (Wildman–Crippen MR) is 128 cm³/mol. The molecule has 1 N–H and O–H groups in total. The number of hydrogen-bond donors (Lipinski definition) is 1. The van der Waals surface area contributed by atoms with Crippen molar-refractivity contribution >= 4 is 11.6 Å². The van der Waals surface area contributed by atoms with Crippen LogP contribution in [0, 0.1) is 0 Å². The molecule has 36 heavy (non-hydrogen) atoms. The van der Waals surface area contributed by atoms with Gasteiger partial charge in [-0.25, -0.2) is 9.48 Å². The first kappa shape index (κ1) is 25.5. The summed E-state index contributed by atoms with van der Waals surface area (Å²) in [6, 6.07) is 14.7. The normalized spacial score (nSPS) is 15.1. The third kappa shape index (κ3) is 6.54. The maximum absolute atomic E-state index is 12.9. The van der Waals surface area contributed by atoms with Gasteiger partial charge in [0, 0.05) is 18.2 Å². The van der Waals surface area contributed by atoms with Crippen molar-refractivity contribution < 1.29 is 22.7 Å². The van der Waals surface area contributed by atoms with Crippen molar-refractivity contribution in [3.63, 3.8) is 0 Å². The van der Waals surface area contributed by atoms with Crippen molar-refractivity contribution in [2.75, 3.05) is 25.0 Å². The standard InChI is InChI=1S/C25H28F3N5O3/c1-2-32-23(30-33(24(32)35)16-18-6-4-3-5-7-18)19-12-14-31(15-13-19)17-22(34)29-20-8-10-21(11-9-20)36-25(26,27)28/h3-11,19H,2,12-17H2,1H3,(H,29,34). The minimum absolute atomic E-state index is 0.121. The van der Waals surface area contributed by atoms with Crippen molar-refractivity contribution in [3.8, 4) is 5.75 Å². The number of hydrogen-bond acceptors (Lipinski definition) is 5. The zero-order valence-corrected chi connectivity index (χ0v) is 19.9. The molecule has 8 nitrogen and oxygen atoms in total. The Bertz CT molecular complexity index is 1210. The van der Waals surface area contributed by atoms with E-state index in [0.29, 0.717) is 31.9 Å². The van der Waals surface area contributed by atoms with Gasteiger partial charge in [0.25, 0.3) is 0 Å². The molecule has 192 valence electrons. The second-order valence-electron chi connectivity index (χ2n) is 8.70. The maximum Gasteiger partial charge on any atom is 0.573 e. The number of ether oxygens (including phenoxy) is 1. The summed E-state index contributed by atoms with van der Waals surface area (Å²) in [6.07, 6.45) is -3.24. The minimum atomic E-state index is -4.76. The first-order chi connectivity index (χ1) is 17.2. The number of piperidine rings is 1. The van der Waals surface area contributed by atoms with Gasteiger partial charge in [0.1, 0.15) is 11.6 Å². The Morgan fingerprint density at radius 3 is 2.36 bits per heavy atom. The number of nitrogens with one attached hydrogen (secondary N) is 1. The monoisotopic (exact) mass is 503 g/mol. The lowest BCUT2D eigenvalue weighted by atomic mass is 9.96. The van der Waals surface area contributed by atoms with Crippen LogP contribution in [-0.2, 0) is 17.9 Å². The Balaban J connectivity index is 1.31. The quantitative estimate of drug-likeness (QED) is 0.506. The van der Waals surface area contributed by atoms with E-state index in [1.54, 1.807) is 4.57 Å². The highest BCUT2D eigenvalue weighted by Gasteiger charge is 2.31. The van der Waals surface area contributed by atoms with Crippen LogP contribution in [0.2, 0.25) is 0 Å². The van der Waals surface area contributed by atoms with Gasteiger partial charge in [0.2, 0.25) is 5.91 Å². The number of aromatic nitrogens is 3. The molecule has 0 radical (unpaired) electrons. The van der Waals surface area contributed by atoms with E-state index in [4.69, 9.17) is 0 Å².